The summed E-state index contributed by atoms with van der Waals surface area (Å²) in [6.45, 7) is 0. The first-order valence-corrected chi connectivity index (χ1v) is 2.32. The Bertz CT molecular complexity index is 183. The van der Waals surface area contributed by atoms with Crippen molar-refractivity contribution in [2.24, 2.45) is 9.98 Å². The van der Waals surface area contributed by atoms with E-state index in [2.05, 4.69) is 9.98 Å². The minimum absolute atomic E-state index is 0.512. The van der Waals surface area contributed by atoms with E-state index in [-0.39, 0.29) is 0 Å². The summed E-state index contributed by atoms with van der Waals surface area (Å²) in [4.78, 5) is 6.01. The molecule has 0 bridgehead atoms. The van der Waals surface area contributed by atoms with Crippen LogP contribution < -0.4 is 0 Å². The van der Waals surface area contributed by atoms with E-state index in [0.29, 0.717) is 0 Å². The fourth-order valence-electron chi connectivity index (χ4n) is 0.215. The summed E-state index contributed by atoms with van der Waals surface area (Å²) >= 11 is 0. The van der Waals surface area contributed by atoms with Crippen LogP contribution in [0.1, 0.15) is 0 Å². The molecule has 2 nitrogen and oxygen atoms in total. The summed E-state index contributed by atoms with van der Waals surface area (Å²) in [5.41, 5.74) is 0. The normalized spacial score (nSPS) is 14.8. The van der Waals surface area contributed by atoms with Crippen molar-refractivity contribution in [1.82, 2.24) is 0 Å². The van der Waals surface area contributed by atoms with E-state index >= 15 is 0 Å². The molecule has 0 spiro atoms. The van der Waals surface area contributed by atoms with Crippen molar-refractivity contribution in [2.75, 3.05) is 7.05 Å². The number of nitrogens with zero attached hydrogens (tertiary/aromatic N) is 2. The molecule has 0 N–H and O–H groups in total. The van der Waals surface area contributed by atoms with E-state index in [0.717, 1.165) is 6.34 Å². The van der Waals surface area contributed by atoms with Gasteiger partial charge in [0, 0.05) is 7.05 Å². The Morgan fingerprint density at radius 1 is 1.40 bits per heavy atom. The van der Waals surface area contributed by atoms with Crippen LogP contribution in [0.15, 0.2) is 22.1 Å². The summed E-state index contributed by atoms with van der Waals surface area (Å²) in [5.74, 6) is -3.16. The molecule has 0 heterocycles. The van der Waals surface area contributed by atoms with Gasteiger partial charge in [-0.05, 0) is 0 Å². The highest BCUT2D eigenvalue weighted by Gasteiger charge is 2.02. The van der Waals surface area contributed by atoms with Gasteiger partial charge < -0.3 is 0 Å². The van der Waals surface area contributed by atoms with Gasteiger partial charge in [0.2, 0.25) is 5.83 Å². The molecule has 0 rings (SSSR count). The number of rotatable bonds is 2. The second kappa shape index (κ2) is 4.72. The fourth-order valence-corrected chi connectivity index (χ4v) is 0.215. The van der Waals surface area contributed by atoms with Crippen LogP contribution >= 0.6 is 0 Å². The molecule has 0 saturated carbocycles. The van der Waals surface area contributed by atoms with E-state index in [9.17, 15) is 13.2 Å². The SMILES string of the molecule is CN=CN=C(F)/C(F)=C/F. The van der Waals surface area contributed by atoms with Gasteiger partial charge in [-0.3, -0.25) is 4.99 Å². The molecule has 0 amide bonds. The lowest BCUT2D eigenvalue weighted by Gasteiger charge is -1.83. The monoisotopic (exact) mass is 150 g/mol. The maximum Gasteiger partial charge on any atom is 0.252 e. The highest BCUT2D eigenvalue weighted by Crippen LogP contribution is 2.00. The summed E-state index contributed by atoms with van der Waals surface area (Å²) in [6, 6.07) is 0. The van der Waals surface area contributed by atoms with Gasteiger partial charge in [0.05, 0.1) is 0 Å². The van der Waals surface area contributed by atoms with E-state index in [1.54, 1.807) is 0 Å². The van der Waals surface area contributed by atoms with Gasteiger partial charge in [-0.1, -0.05) is 0 Å². The van der Waals surface area contributed by atoms with Crippen LogP contribution in [-0.2, 0) is 0 Å². The average molecular weight is 150 g/mol. The molecule has 56 valence electrons. The zero-order valence-corrected chi connectivity index (χ0v) is 5.18. The molecule has 0 aromatic rings. The van der Waals surface area contributed by atoms with Crippen molar-refractivity contribution in [3.05, 3.63) is 12.2 Å². The van der Waals surface area contributed by atoms with Crippen LogP contribution in [0.25, 0.3) is 0 Å². The van der Waals surface area contributed by atoms with Gasteiger partial charge in [-0.2, -0.15) is 8.78 Å². The van der Waals surface area contributed by atoms with Gasteiger partial charge in [-0.25, -0.2) is 9.38 Å². The Hall–Kier alpha value is -1.13. The molecule has 0 aromatic heterocycles. The van der Waals surface area contributed by atoms with Gasteiger partial charge >= 0.3 is 0 Å². The molecule has 0 aliphatic heterocycles. The molecule has 0 aliphatic rings. The summed E-state index contributed by atoms with van der Waals surface area (Å²) in [5, 5.41) is 0. The van der Waals surface area contributed by atoms with Gasteiger partial charge in [0.15, 0.2) is 0 Å². The molecule has 0 saturated heterocycles. The molecule has 5 heteroatoms. The lowest BCUT2D eigenvalue weighted by molar-refractivity contribution is 0.594. The summed E-state index contributed by atoms with van der Waals surface area (Å²) < 4.78 is 34.9. The third-order valence-corrected chi connectivity index (χ3v) is 0.579. The number of halogens is 3. The standard InChI is InChI=1S/C5H5F3N2/c1-9-3-10-5(8)4(7)2-6/h2-3H,1H3/b4-2-,9-3?,10-5?. The zero-order valence-electron chi connectivity index (χ0n) is 5.18. The molecule has 0 unspecified atom stereocenters. The predicted molar refractivity (Wildman–Crippen MR) is 33.3 cm³/mol. The smallest absolute Gasteiger partial charge is 0.252 e. The molecule has 0 fully saturated rings. The second-order valence-corrected chi connectivity index (χ2v) is 1.25. The van der Waals surface area contributed by atoms with Crippen LogP contribution in [0.5, 0.6) is 0 Å². The Morgan fingerprint density at radius 3 is 2.40 bits per heavy atom. The first-order valence-electron chi connectivity index (χ1n) is 2.32. The maximum absolute atomic E-state index is 12.0. The topological polar surface area (TPSA) is 24.7 Å². The van der Waals surface area contributed by atoms with Crippen molar-refractivity contribution >= 4 is 12.3 Å². The number of hydrogen-bond acceptors (Lipinski definition) is 1. The van der Waals surface area contributed by atoms with Crippen LogP contribution in [0.2, 0.25) is 0 Å². The molecule has 0 aliphatic carbocycles. The lowest BCUT2D eigenvalue weighted by Crippen LogP contribution is -1.88. The number of aliphatic imine (C=N–C) groups is 2. The van der Waals surface area contributed by atoms with Crippen molar-refractivity contribution in [3.8, 4) is 0 Å². The molecule has 0 atom stereocenters. The Balaban J connectivity index is 4.19. The Morgan fingerprint density at radius 2 is 2.00 bits per heavy atom. The van der Waals surface area contributed by atoms with E-state index in [1.165, 1.54) is 7.05 Å². The van der Waals surface area contributed by atoms with Crippen molar-refractivity contribution in [2.45, 2.75) is 0 Å². The van der Waals surface area contributed by atoms with E-state index < -0.39 is 18.1 Å². The quantitative estimate of drug-likeness (QED) is 0.423. The van der Waals surface area contributed by atoms with E-state index in [1.807, 2.05) is 0 Å². The zero-order chi connectivity index (χ0) is 7.98. The maximum atomic E-state index is 12.0. The molecule has 10 heavy (non-hydrogen) atoms. The van der Waals surface area contributed by atoms with Gasteiger partial charge in [0.1, 0.15) is 12.7 Å². The number of hydrogen-bond donors (Lipinski definition) is 0. The third kappa shape index (κ3) is 3.01. The van der Waals surface area contributed by atoms with Gasteiger partial charge in [0.25, 0.3) is 5.97 Å². The van der Waals surface area contributed by atoms with Crippen LogP contribution in [0, 0.1) is 0 Å². The highest BCUT2D eigenvalue weighted by molar-refractivity contribution is 5.94. The van der Waals surface area contributed by atoms with Crippen LogP contribution in [-0.4, -0.2) is 19.4 Å². The summed E-state index contributed by atoms with van der Waals surface area (Å²) in [6.07, 6.45) is 0.265. The molecular weight excluding hydrogens is 145 g/mol. The first-order chi connectivity index (χ1) is 4.72. The average Bonchev–Trinajstić information content (AvgIpc) is 1.98. The van der Waals surface area contributed by atoms with Crippen molar-refractivity contribution in [3.63, 3.8) is 0 Å². The number of allylic oxidation sites excluding steroid dienone is 1. The molecule has 0 radical (unpaired) electrons. The Kier molecular flexibility index (Phi) is 4.19. The minimum atomic E-state index is -1.64. The predicted octanol–water partition coefficient (Wildman–Crippen LogP) is 1.79. The fraction of sp³-hybridized carbons (Fsp3) is 0.200. The highest BCUT2D eigenvalue weighted by atomic mass is 19.2. The lowest BCUT2D eigenvalue weighted by atomic mass is 10.6. The van der Waals surface area contributed by atoms with Gasteiger partial charge in [-0.15, -0.1) is 0 Å². The van der Waals surface area contributed by atoms with Crippen LogP contribution in [0.3, 0.4) is 0 Å². The first kappa shape index (κ1) is 8.87. The molecular formula is C5H5F3N2. The van der Waals surface area contributed by atoms with Crippen molar-refractivity contribution in [1.29, 1.82) is 0 Å². The van der Waals surface area contributed by atoms with E-state index in [4.69, 9.17) is 0 Å². The second-order valence-electron chi connectivity index (χ2n) is 1.25. The minimum Gasteiger partial charge on any atom is -0.277 e. The van der Waals surface area contributed by atoms with Crippen molar-refractivity contribution < 1.29 is 13.2 Å². The largest absolute Gasteiger partial charge is 0.277 e. The summed E-state index contributed by atoms with van der Waals surface area (Å²) in [7, 11) is 1.33. The molecule has 0 aromatic carbocycles. The third-order valence-electron chi connectivity index (χ3n) is 0.579. The Labute approximate surface area is 55.8 Å². The van der Waals surface area contributed by atoms with Crippen LogP contribution in [0.4, 0.5) is 13.2 Å².